The predicted molar refractivity (Wildman–Crippen MR) is 177 cm³/mol. The molecule has 0 spiro atoms. The number of hydrogen-bond donors (Lipinski definition) is 1. The summed E-state index contributed by atoms with van der Waals surface area (Å²) in [6.07, 6.45) is 2.97. The fourth-order valence-electron chi connectivity index (χ4n) is 5.18. The van der Waals surface area contributed by atoms with E-state index in [1.165, 1.54) is 7.11 Å². The van der Waals surface area contributed by atoms with Crippen LogP contribution in [0.5, 0.6) is 5.75 Å². The van der Waals surface area contributed by atoms with Crippen molar-refractivity contribution in [1.29, 1.82) is 0 Å². The second-order valence-electron chi connectivity index (χ2n) is 10.0. The summed E-state index contributed by atoms with van der Waals surface area (Å²) < 4.78 is 18.1. The minimum absolute atomic E-state index is 0.469. The Morgan fingerprint density at radius 3 is 1.56 bits per heavy atom. The summed E-state index contributed by atoms with van der Waals surface area (Å²) in [5.41, 5.74) is 1.82. The third-order valence-corrected chi connectivity index (χ3v) is 11.4. The SMILES string of the molecule is COC(=O)[C@@H](O[Si](c1ccccc1)(c1ccccc1)c1ccccc1)[C@@H](/C=C/c1ccccc1)Nc1ccc(OC)cc1. The van der Waals surface area contributed by atoms with Gasteiger partial charge in [-0.15, -0.1) is 0 Å². The van der Waals surface area contributed by atoms with E-state index in [-0.39, 0.29) is 0 Å². The van der Waals surface area contributed by atoms with Gasteiger partial charge in [-0.05, 0) is 45.4 Å². The number of esters is 1. The van der Waals surface area contributed by atoms with Crippen LogP contribution >= 0.6 is 0 Å². The molecule has 2 atom stereocenters. The number of methoxy groups -OCH3 is 2. The highest BCUT2D eigenvalue weighted by Gasteiger charge is 2.47. The van der Waals surface area contributed by atoms with Gasteiger partial charge in [0.05, 0.1) is 20.3 Å². The van der Waals surface area contributed by atoms with Crippen LogP contribution in [0.4, 0.5) is 5.69 Å². The average molecular weight is 586 g/mol. The Hall–Kier alpha value is -4.91. The van der Waals surface area contributed by atoms with Crippen LogP contribution in [0.25, 0.3) is 6.08 Å². The zero-order valence-corrected chi connectivity index (χ0v) is 25.3. The third-order valence-electron chi connectivity index (χ3n) is 7.32. The molecule has 0 aliphatic rings. The van der Waals surface area contributed by atoms with E-state index in [0.717, 1.165) is 32.6 Å². The number of rotatable bonds is 12. The molecule has 6 heteroatoms. The smallest absolute Gasteiger partial charge is 0.336 e. The molecule has 0 saturated heterocycles. The van der Waals surface area contributed by atoms with Gasteiger partial charge in [-0.25, -0.2) is 4.79 Å². The van der Waals surface area contributed by atoms with Crippen molar-refractivity contribution in [3.8, 4) is 5.75 Å². The minimum atomic E-state index is -3.26. The molecule has 0 saturated carbocycles. The number of hydrogen-bond acceptors (Lipinski definition) is 5. The number of ether oxygens (including phenoxy) is 2. The molecule has 0 aromatic heterocycles. The van der Waals surface area contributed by atoms with E-state index < -0.39 is 26.4 Å². The molecule has 0 fully saturated rings. The maximum atomic E-state index is 13.8. The van der Waals surface area contributed by atoms with Gasteiger partial charge in [0.2, 0.25) is 0 Å². The van der Waals surface area contributed by atoms with Gasteiger partial charge in [0.15, 0.2) is 6.10 Å². The Balaban J connectivity index is 1.68. The van der Waals surface area contributed by atoms with Crippen LogP contribution < -0.4 is 25.6 Å². The molecule has 0 heterocycles. The van der Waals surface area contributed by atoms with E-state index in [1.807, 2.05) is 121 Å². The van der Waals surface area contributed by atoms with Gasteiger partial charge in [0, 0.05) is 5.69 Å². The van der Waals surface area contributed by atoms with Gasteiger partial charge < -0.3 is 19.2 Å². The monoisotopic (exact) mass is 585 g/mol. The summed E-state index contributed by atoms with van der Waals surface area (Å²) >= 11 is 0. The molecule has 5 rings (SSSR count). The summed E-state index contributed by atoms with van der Waals surface area (Å²) in [6.45, 7) is 0. The number of carbonyl (C=O) groups excluding carboxylic acids is 1. The minimum Gasteiger partial charge on any atom is -0.497 e. The Labute approximate surface area is 254 Å². The standard InChI is InChI=1S/C37H35NO4Si/c1-40-31-26-24-30(25-27-31)38-35(28-23-29-15-7-3-8-16-29)36(37(39)41-2)42-43(32-17-9-4-10-18-32,33-19-11-5-12-20-33)34-21-13-6-14-22-34/h3-28,35-36,38H,1-2H3/b28-23+/t35-,36+/m1/s1. The van der Waals surface area contributed by atoms with Crippen LogP contribution in [0.1, 0.15) is 5.56 Å². The Bertz CT molecular complexity index is 1500. The van der Waals surface area contributed by atoms with Crippen LogP contribution in [0, 0.1) is 0 Å². The molecule has 1 N–H and O–H groups in total. The quantitative estimate of drug-likeness (QED) is 0.121. The molecule has 0 bridgehead atoms. The second-order valence-corrected chi connectivity index (χ2v) is 13.3. The lowest BCUT2D eigenvalue weighted by atomic mass is 10.1. The van der Waals surface area contributed by atoms with E-state index in [1.54, 1.807) is 7.11 Å². The van der Waals surface area contributed by atoms with Gasteiger partial charge in [-0.1, -0.05) is 133 Å². The lowest BCUT2D eigenvalue weighted by molar-refractivity contribution is -0.149. The maximum absolute atomic E-state index is 13.8. The number of anilines is 1. The normalized spacial score (nSPS) is 12.8. The largest absolute Gasteiger partial charge is 0.497 e. The number of carbonyl (C=O) groups is 1. The van der Waals surface area contributed by atoms with E-state index >= 15 is 0 Å². The second kappa shape index (κ2) is 14.3. The van der Waals surface area contributed by atoms with Crippen molar-refractivity contribution in [2.45, 2.75) is 12.1 Å². The third kappa shape index (κ3) is 6.94. The van der Waals surface area contributed by atoms with Crippen LogP contribution in [0.2, 0.25) is 0 Å². The zero-order chi connectivity index (χ0) is 29.9. The Morgan fingerprint density at radius 2 is 1.12 bits per heavy atom. The van der Waals surface area contributed by atoms with Gasteiger partial charge >= 0.3 is 5.97 Å². The van der Waals surface area contributed by atoms with Crippen molar-refractivity contribution in [3.63, 3.8) is 0 Å². The topological polar surface area (TPSA) is 56.8 Å². The fourth-order valence-corrected chi connectivity index (χ4v) is 9.20. The predicted octanol–water partition coefficient (Wildman–Crippen LogP) is 5.41. The summed E-state index contributed by atoms with van der Waals surface area (Å²) in [5, 5.41) is 6.62. The number of benzene rings is 5. The van der Waals surface area contributed by atoms with E-state index in [4.69, 9.17) is 13.9 Å². The Kier molecular flexibility index (Phi) is 9.85. The van der Waals surface area contributed by atoms with Crippen LogP contribution in [-0.4, -0.2) is 40.7 Å². The molecule has 0 radical (unpaired) electrons. The van der Waals surface area contributed by atoms with Gasteiger partial charge in [-0.3, -0.25) is 0 Å². The lowest BCUT2D eigenvalue weighted by Gasteiger charge is -2.38. The van der Waals surface area contributed by atoms with Crippen molar-refractivity contribution in [2.75, 3.05) is 19.5 Å². The first-order valence-electron chi connectivity index (χ1n) is 14.2. The molecule has 0 aliphatic heterocycles. The molecule has 216 valence electrons. The zero-order valence-electron chi connectivity index (χ0n) is 24.3. The molecule has 0 amide bonds. The van der Waals surface area contributed by atoms with E-state index in [0.29, 0.717) is 0 Å². The average Bonchev–Trinajstić information content (AvgIpc) is 3.09. The highest BCUT2D eigenvalue weighted by molar-refractivity contribution is 7.07. The number of nitrogens with one attached hydrogen (secondary N) is 1. The molecule has 5 aromatic carbocycles. The fraction of sp³-hybridized carbons (Fsp3) is 0.108. The van der Waals surface area contributed by atoms with Crippen LogP contribution in [-0.2, 0) is 14.0 Å². The van der Waals surface area contributed by atoms with E-state index in [9.17, 15) is 4.79 Å². The molecule has 5 nitrogen and oxygen atoms in total. The lowest BCUT2D eigenvalue weighted by Crippen LogP contribution is -2.72. The van der Waals surface area contributed by atoms with Crippen molar-refractivity contribution in [1.82, 2.24) is 0 Å². The summed E-state index contributed by atoms with van der Waals surface area (Å²) in [7, 11) is -0.225. The molecule has 43 heavy (non-hydrogen) atoms. The summed E-state index contributed by atoms with van der Waals surface area (Å²) in [4.78, 5) is 13.8. The maximum Gasteiger partial charge on any atom is 0.336 e. The van der Waals surface area contributed by atoms with Crippen molar-refractivity contribution in [2.24, 2.45) is 0 Å². The van der Waals surface area contributed by atoms with Crippen LogP contribution in [0.15, 0.2) is 152 Å². The van der Waals surface area contributed by atoms with Crippen molar-refractivity contribution in [3.05, 3.63) is 157 Å². The summed E-state index contributed by atoms with van der Waals surface area (Å²) in [5.74, 6) is 0.273. The van der Waals surface area contributed by atoms with Crippen molar-refractivity contribution >= 4 is 41.6 Å². The molecular weight excluding hydrogens is 550 g/mol. The molecule has 0 unspecified atom stereocenters. The first kappa shape index (κ1) is 29.6. The summed E-state index contributed by atoms with van der Waals surface area (Å²) in [6, 6.07) is 47.6. The molecule has 5 aromatic rings. The first-order valence-corrected chi connectivity index (χ1v) is 16.1. The van der Waals surface area contributed by atoms with Crippen LogP contribution in [0.3, 0.4) is 0 Å². The molecular formula is C37H35NO4Si. The van der Waals surface area contributed by atoms with Crippen molar-refractivity contribution < 1.29 is 18.7 Å². The van der Waals surface area contributed by atoms with E-state index in [2.05, 4.69) is 41.7 Å². The van der Waals surface area contributed by atoms with Gasteiger partial charge in [-0.2, -0.15) is 0 Å². The highest BCUT2D eigenvalue weighted by Crippen LogP contribution is 2.22. The first-order chi connectivity index (χ1) is 21.1. The Morgan fingerprint density at radius 1 is 0.651 bits per heavy atom. The highest BCUT2D eigenvalue weighted by atomic mass is 28.4. The molecule has 0 aliphatic carbocycles. The van der Waals surface area contributed by atoms with Gasteiger partial charge in [0.1, 0.15) is 5.75 Å². The van der Waals surface area contributed by atoms with Gasteiger partial charge in [0.25, 0.3) is 8.32 Å².